The second-order valence-electron chi connectivity index (χ2n) is 6.21. The minimum atomic E-state index is -0.886. The van der Waals surface area contributed by atoms with E-state index in [-0.39, 0.29) is 5.56 Å². The van der Waals surface area contributed by atoms with E-state index >= 15 is 0 Å². The van der Waals surface area contributed by atoms with Crippen LogP contribution in [0.3, 0.4) is 0 Å². The van der Waals surface area contributed by atoms with E-state index in [0.29, 0.717) is 0 Å². The molecule has 1 aliphatic rings. The second-order valence-corrected chi connectivity index (χ2v) is 6.21. The topological polar surface area (TPSA) is 98.7 Å². The summed E-state index contributed by atoms with van der Waals surface area (Å²) in [4.78, 5) is 24.7. The van der Waals surface area contributed by atoms with Crippen LogP contribution in [0.5, 0.6) is 11.5 Å². The Morgan fingerprint density at radius 3 is 1.81 bits per heavy atom. The van der Waals surface area contributed by atoms with E-state index in [1.54, 1.807) is 0 Å². The van der Waals surface area contributed by atoms with E-state index in [2.05, 4.69) is 10.6 Å². The number of nitrogens with one attached hydrogen (secondary N) is 2. The molecular formula is C21H16N2O4. The molecule has 3 aromatic rings. The number of hydrogen-bond donors (Lipinski definition) is 4. The lowest BCUT2D eigenvalue weighted by Gasteiger charge is -2.16. The molecule has 6 heteroatoms. The first-order valence-electron chi connectivity index (χ1n) is 8.37. The third kappa shape index (κ3) is 2.87. The van der Waals surface area contributed by atoms with Gasteiger partial charge in [0.25, 0.3) is 5.91 Å². The summed E-state index contributed by atoms with van der Waals surface area (Å²) in [6.45, 7) is 0. The number of carbonyl (C=O) groups excluding carboxylic acids is 2. The minimum Gasteiger partial charge on any atom is -0.507 e. The smallest absolute Gasteiger partial charge is 0.322 e. The minimum absolute atomic E-state index is 0.347. The summed E-state index contributed by atoms with van der Waals surface area (Å²) >= 11 is 0. The molecule has 6 nitrogen and oxygen atoms in total. The van der Waals surface area contributed by atoms with Crippen molar-refractivity contribution in [1.29, 1.82) is 0 Å². The van der Waals surface area contributed by atoms with Gasteiger partial charge in [-0.05, 0) is 34.4 Å². The standard InChI is InChI=1S/C21H16N2O4/c24-16-10-5-11-17(25)18(16)20(26)23-21(27)22-19-14-8-3-1-6-12(14)13-7-2-4-9-15(13)19/h1-11,19,24-25H,(H2,22,23,26,27). The largest absolute Gasteiger partial charge is 0.507 e. The fraction of sp³-hybridized carbons (Fsp3) is 0.0476. The van der Waals surface area contributed by atoms with Crippen molar-refractivity contribution in [2.24, 2.45) is 0 Å². The number of carbonyl (C=O) groups is 2. The van der Waals surface area contributed by atoms with E-state index in [1.165, 1.54) is 18.2 Å². The molecule has 134 valence electrons. The van der Waals surface area contributed by atoms with Gasteiger partial charge in [0.05, 0.1) is 6.04 Å². The van der Waals surface area contributed by atoms with Crippen LogP contribution in [-0.4, -0.2) is 22.2 Å². The number of aromatic hydroxyl groups is 2. The Kier molecular flexibility index (Phi) is 4.01. The summed E-state index contributed by atoms with van der Waals surface area (Å²) in [6, 6.07) is 18.3. The number of hydrogen-bond acceptors (Lipinski definition) is 4. The molecule has 0 unspecified atom stereocenters. The number of fused-ring (bicyclic) bond motifs is 3. The van der Waals surface area contributed by atoms with E-state index < -0.39 is 29.5 Å². The Hall–Kier alpha value is -3.80. The molecule has 3 aromatic carbocycles. The van der Waals surface area contributed by atoms with Gasteiger partial charge in [-0.15, -0.1) is 0 Å². The molecule has 0 spiro atoms. The highest BCUT2D eigenvalue weighted by atomic mass is 16.3. The predicted octanol–water partition coefficient (Wildman–Crippen LogP) is 3.31. The van der Waals surface area contributed by atoms with Crippen molar-refractivity contribution in [3.05, 3.63) is 83.4 Å². The first-order chi connectivity index (χ1) is 13.1. The van der Waals surface area contributed by atoms with Gasteiger partial charge in [0.2, 0.25) is 0 Å². The molecule has 0 aliphatic heterocycles. The molecule has 0 heterocycles. The van der Waals surface area contributed by atoms with Gasteiger partial charge in [-0.1, -0.05) is 54.6 Å². The highest BCUT2D eigenvalue weighted by Gasteiger charge is 2.30. The third-order valence-corrected chi connectivity index (χ3v) is 4.58. The van der Waals surface area contributed by atoms with Crippen LogP contribution in [0.15, 0.2) is 66.7 Å². The first-order valence-corrected chi connectivity index (χ1v) is 8.37. The van der Waals surface area contributed by atoms with Gasteiger partial charge in [0.1, 0.15) is 17.1 Å². The first kappa shape index (κ1) is 16.7. The number of benzene rings is 3. The molecule has 1 aliphatic carbocycles. The van der Waals surface area contributed by atoms with Crippen molar-refractivity contribution in [3.8, 4) is 22.6 Å². The second kappa shape index (κ2) is 6.49. The van der Waals surface area contributed by atoms with Gasteiger partial charge in [0.15, 0.2) is 0 Å². The molecule has 4 rings (SSSR count). The summed E-state index contributed by atoms with van der Waals surface area (Å²) in [7, 11) is 0. The van der Waals surface area contributed by atoms with Crippen LogP contribution in [0.1, 0.15) is 27.5 Å². The lowest BCUT2D eigenvalue weighted by Crippen LogP contribution is -2.41. The van der Waals surface area contributed by atoms with E-state index in [0.717, 1.165) is 22.3 Å². The van der Waals surface area contributed by atoms with Crippen molar-refractivity contribution in [2.75, 3.05) is 0 Å². The molecule has 27 heavy (non-hydrogen) atoms. The van der Waals surface area contributed by atoms with E-state index in [9.17, 15) is 19.8 Å². The van der Waals surface area contributed by atoms with Crippen LogP contribution in [0.25, 0.3) is 11.1 Å². The van der Waals surface area contributed by atoms with Crippen molar-refractivity contribution < 1.29 is 19.8 Å². The van der Waals surface area contributed by atoms with Crippen LogP contribution in [0.4, 0.5) is 4.79 Å². The van der Waals surface area contributed by atoms with Gasteiger partial charge >= 0.3 is 6.03 Å². The number of phenols is 2. The monoisotopic (exact) mass is 360 g/mol. The van der Waals surface area contributed by atoms with Crippen LogP contribution < -0.4 is 10.6 Å². The fourth-order valence-corrected chi connectivity index (χ4v) is 3.40. The zero-order chi connectivity index (χ0) is 19.0. The zero-order valence-corrected chi connectivity index (χ0v) is 14.1. The Balaban J connectivity index is 1.58. The number of phenolic OH excluding ortho intramolecular Hbond substituents is 2. The van der Waals surface area contributed by atoms with Crippen molar-refractivity contribution in [3.63, 3.8) is 0 Å². The van der Waals surface area contributed by atoms with Gasteiger partial charge in [-0.2, -0.15) is 0 Å². The third-order valence-electron chi connectivity index (χ3n) is 4.58. The Labute approximate surface area is 155 Å². The van der Waals surface area contributed by atoms with Crippen LogP contribution in [-0.2, 0) is 0 Å². The highest BCUT2D eigenvalue weighted by Crippen LogP contribution is 2.42. The van der Waals surface area contributed by atoms with Gasteiger partial charge in [-0.3, -0.25) is 10.1 Å². The van der Waals surface area contributed by atoms with E-state index in [1.807, 2.05) is 48.5 Å². The van der Waals surface area contributed by atoms with Gasteiger partial charge < -0.3 is 15.5 Å². The molecule has 0 saturated heterocycles. The van der Waals surface area contributed by atoms with Crippen molar-refractivity contribution in [2.45, 2.75) is 6.04 Å². The summed E-state index contributed by atoms with van der Waals surface area (Å²) in [5.41, 5.74) is 3.59. The molecule has 0 aromatic heterocycles. The van der Waals surface area contributed by atoms with Gasteiger partial charge in [-0.25, -0.2) is 4.79 Å². The summed E-state index contributed by atoms with van der Waals surface area (Å²) in [5, 5.41) is 24.5. The Morgan fingerprint density at radius 1 is 0.741 bits per heavy atom. The number of imide groups is 1. The highest BCUT2D eigenvalue weighted by molar-refractivity contribution is 6.07. The summed E-state index contributed by atoms with van der Waals surface area (Å²) in [5.74, 6) is -1.70. The normalized spacial score (nSPS) is 12.1. The number of rotatable bonds is 2. The molecule has 0 atom stereocenters. The maximum absolute atomic E-state index is 12.4. The zero-order valence-electron chi connectivity index (χ0n) is 14.1. The molecule has 3 amide bonds. The Bertz CT molecular complexity index is 996. The number of urea groups is 1. The van der Waals surface area contributed by atoms with E-state index in [4.69, 9.17) is 0 Å². The van der Waals surface area contributed by atoms with Crippen molar-refractivity contribution >= 4 is 11.9 Å². The van der Waals surface area contributed by atoms with Crippen LogP contribution in [0, 0.1) is 0 Å². The fourth-order valence-electron chi connectivity index (χ4n) is 3.40. The molecule has 0 bridgehead atoms. The maximum Gasteiger partial charge on any atom is 0.322 e. The maximum atomic E-state index is 12.4. The molecule has 0 radical (unpaired) electrons. The summed E-state index contributed by atoms with van der Waals surface area (Å²) in [6.07, 6.45) is 0. The average molecular weight is 360 g/mol. The molecule has 0 saturated carbocycles. The lowest BCUT2D eigenvalue weighted by molar-refractivity contribution is 0.0958. The summed E-state index contributed by atoms with van der Waals surface area (Å²) < 4.78 is 0. The molecular weight excluding hydrogens is 344 g/mol. The predicted molar refractivity (Wildman–Crippen MR) is 99.5 cm³/mol. The SMILES string of the molecule is O=C(NC(=O)c1c(O)cccc1O)NC1c2ccccc2-c2ccccc21. The molecule has 4 N–H and O–H groups in total. The molecule has 0 fully saturated rings. The number of amides is 3. The van der Waals surface area contributed by atoms with Crippen molar-refractivity contribution in [1.82, 2.24) is 10.6 Å². The average Bonchev–Trinajstić information content (AvgIpc) is 2.96. The quantitative estimate of drug-likeness (QED) is 0.563. The Morgan fingerprint density at radius 2 is 1.26 bits per heavy atom. The van der Waals surface area contributed by atoms with Gasteiger partial charge in [0, 0.05) is 0 Å². The van der Waals surface area contributed by atoms with Crippen LogP contribution in [0.2, 0.25) is 0 Å². The lowest BCUT2D eigenvalue weighted by atomic mass is 10.1. The van der Waals surface area contributed by atoms with Crippen LogP contribution >= 0.6 is 0 Å².